The van der Waals surface area contributed by atoms with E-state index in [0.29, 0.717) is 23.6 Å². The Kier molecular flexibility index (Phi) is 5.50. The van der Waals surface area contributed by atoms with Crippen molar-refractivity contribution in [2.45, 2.75) is 59.1 Å². The average Bonchev–Trinajstić information content (AvgIpc) is 2.55. The molecule has 6 heteroatoms. The van der Waals surface area contributed by atoms with Gasteiger partial charge in [0.1, 0.15) is 11.8 Å². The molecule has 25 heavy (non-hydrogen) atoms. The first-order valence-electron chi connectivity index (χ1n) is 8.53. The van der Waals surface area contributed by atoms with Gasteiger partial charge < -0.3 is 9.47 Å². The number of unbranched alkanes of at least 4 members (excludes halogenated alkanes) is 1. The third kappa shape index (κ3) is 3.83. The Balaban J connectivity index is 2.41. The molecule has 136 valence electrons. The number of esters is 1. The minimum absolute atomic E-state index is 0.127. The van der Waals surface area contributed by atoms with Crippen molar-refractivity contribution in [3.8, 4) is 5.75 Å². The smallest absolute Gasteiger partial charge is 0.328 e. The summed E-state index contributed by atoms with van der Waals surface area (Å²) in [5.41, 5.74) is -0.244. The Morgan fingerprint density at radius 2 is 2.00 bits per heavy atom. The van der Waals surface area contributed by atoms with Crippen molar-refractivity contribution in [2.24, 2.45) is 0 Å². The largest absolute Gasteiger partial charge is 0.476 e. The molecule has 6 nitrogen and oxygen atoms in total. The van der Waals surface area contributed by atoms with Crippen molar-refractivity contribution < 1.29 is 23.9 Å². The lowest BCUT2D eigenvalue weighted by Gasteiger charge is -2.40. The van der Waals surface area contributed by atoms with E-state index in [1.54, 1.807) is 39.0 Å². The molecule has 0 saturated carbocycles. The van der Waals surface area contributed by atoms with Crippen LogP contribution >= 0.6 is 0 Å². The van der Waals surface area contributed by atoms with E-state index < -0.39 is 17.6 Å². The minimum Gasteiger partial charge on any atom is -0.476 e. The number of carbonyl (C=O) groups excluding carboxylic acids is 3. The number of benzene rings is 1. The highest BCUT2D eigenvalue weighted by Crippen LogP contribution is 2.39. The van der Waals surface area contributed by atoms with Crippen molar-refractivity contribution in [1.82, 2.24) is 0 Å². The molecule has 0 radical (unpaired) electrons. The van der Waals surface area contributed by atoms with E-state index in [1.807, 2.05) is 6.92 Å². The van der Waals surface area contributed by atoms with Gasteiger partial charge in [0.05, 0.1) is 12.3 Å². The van der Waals surface area contributed by atoms with Gasteiger partial charge in [0.2, 0.25) is 0 Å². The van der Waals surface area contributed by atoms with Crippen molar-refractivity contribution >= 4 is 23.3 Å². The molecule has 0 fully saturated rings. The molecular formula is C19H25NO5. The van der Waals surface area contributed by atoms with Gasteiger partial charge in [0, 0.05) is 5.56 Å². The maximum atomic E-state index is 12.9. The van der Waals surface area contributed by atoms with Crippen molar-refractivity contribution in [3.63, 3.8) is 0 Å². The van der Waals surface area contributed by atoms with E-state index in [1.165, 1.54) is 11.8 Å². The molecule has 0 aromatic heterocycles. The number of amides is 1. The summed E-state index contributed by atoms with van der Waals surface area (Å²) in [6.07, 6.45) is 1.68. The van der Waals surface area contributed by atoms with E-state index in [9.17, 15) is 14.4 Å². The first-order valence-corrected chi connectivity index (χ1v) is 8.53. The van der Waals surface area contributed by atoms with Gasteiger partial charge in [0.15, 0.2) is 11.4 Å². The van der Waals surface area contributed by atoms with Crippen molar-refractivity contribution in [1.29, 1.82) is 0 Å². The van der Waals surface area contributed by atoms with E-state index >= 15 is 0 Å². The van der Waals surface area contributed by atoms with Crippen LogP contribution in [0.3, 0.4) is 0 Å². The van der Waals surface area contributed by atoms with Gasteiger partial charge in [-0.3, -0.25) is 14.5 Å². The number of hydrogen-bond donors (Lipinski definition) is 0. The van der Waals surface area contributed by atoms with E-state index in [2.05, 4.69) is 0 Å². The maximum absolute atomic E-state index is 12.9. The van der Waals surface area contributed by atoms with Crippen LogP contribution < -0.4 is 9.64 Å². The second kappa shape index (κ2) is 7.25. The maximum Gasteiger partial charge on any atom is 0.328 e. The van der Waals surface area contributed by atoms with Crippen LogP contribution in [0.1, 0.15) is 57.8 Å². The Labute approximate surface area is 148 Å². The van der Waals surface area contributed by atoms with Crippen LogP contribution in [0.2, 0.25) is 0 Å². The second-order valence-corrected chi connectivity index (χ2v) is 6.72. The number of carbonyl (C=O) groups is 3. The lowest BCUT2D eigenvalue weighted by atomic mass is 10.00. The van der Waals surface area contributed by atoms with Crippen LogP contribution in [0.15, 0.2) is 18.2 Å². The summed E-state index contributed by atoms with van der Waals surface area (Å²) in [6, 6.07) is 4.08. The summed E-state index contributed by atoms with van der Waals surface area (Å²) in [4.78, 5) is 38.3. The van der Waals surface area contributed by atoms with E-state index in [0.717, 1.165) is 12.8 Å². The zero-order valence-corrected chi connectivity index (χ0v) is 15.4. The summed E-state index contributed by atoms with van der Waals surface area (Å²) >= 11 is 0. The standard InChI is InChI=1S/C19H25NO5/c1-6-7-10-24-17(22)12(2)20-15-11-14(13(3)21)8-9-16(15)25-19(4,5)18(20)23/h8-9,11-12H,6-7,10H2,1-5H3. The molecule has 0 bridgehead atoms. The normalized spacial score (nSPS) is 16.7. The van der Waals surface area contributed by atoms with Gasteiger partial charge in [-0.2, -0.15) is 0 Å². The quantitative estimate of drug-likeness (QED) is 0.449. The molecule has 0 spiro atoms. The van der Waals surface area contributed by atoms with Crippen molar-refractivity contribution in [3.05, 3.63) is 23.8 Å². The summed E-state index contributed by atoms with van der Waals surface area (Å²) in [7, 11) is 0. The van der Waals surface area contributed by atoms with Gasteiger partial charge in [-0.05, 0) is 52.3 Å². The van der Waals surface area contributed by atoms with Crippen LogP contribution in [0.5, 0.6) is 5.75 Å². The highest BCUT2D eigenvalue weighted by atomic mass is 16.5. The molecule has 0 aliphatic carbocycles. The SMILES string of the molecule is CCCCOC(=O)C(C)N1C(=O)C(C)(C)Oc2ccc(C(C)=O)cc21. The molecule has 1 aliphatic heterocycles. The average molecular weight is 347 g/mol. The lowest BCUT2D eigenvalue weighted by Crippen LogP contribution is -2.57. The summed E-state index contributed by atoms with van der Waals surface area (Å²) in [5.74, 6) is -0.486. The lowest BCUT2D eigenvalue weighted by molar-refractivity contribution is -0.147. The monoisotopic (exact) mass is 347 g/mol. The van der Waals surface area contributed by atoms with Gasteiger partial charge in [0.25, 0.3) is 5.91 Å². The zero-order chi connectivity index (χ0) is 18.8. The first kappa shape index (κ1) is 19.0. The molecule has 2 rings (SSSR count). The molecule has 1 aromatic carbocycles. The minimum atomic E-state index is -1.11. The number of hydrogen-bond acceptors (Lipinski definition) is 5. The third-order valence-corrected chi connectivity index (χ3v) is 4.19. The summed E-state index contributed by atoms with van der Waals surface area (Å²) in [5, 5.41) is 0. The predicted octanol–water partition coefficient (Wildman–Crippen LogP) is 3.13. The molecular weight excluding hydrogens is 322 g/mol. The summed E-state index contributed by atoms with van der Waals surface area (Å²) in [6.45, 7) is 8.70. The fourth-order valence-corrected chi connectivity index (χ4v) is 2.66. The number of anilines is 1. The van der Waals surface area contributed by atoms with Crippen LogP contribution in [0.4, 0.5) is 5.69 Å². The van der Waals surface area contributed by atoms with Gasteiger partial charge in [-0.25, -0.2) is 4.79 Å². The molecule has 1 amide bonds. The number of rotatable bonds is 6. The Morgan fingerprint density at radius 3 is 2.60 bits per heavy atom. The van der Waals surface area contributed by atoms with E-state index in [-0.39, 0.29) is 11.7 Å². The fraction of sp³-hybridized carbons (Fsp3) is 0.526. The van der Waals surface area contributed by atoms with Gasteiger partial charge in [-0.1, -0.05) is 13.3 Å². The number of Topliss-reactive ketones (excluding diaryl/α,β-unsaturated/α-hetero) is 1. The fourth-order valence-electron chi connectivity index (χ4n) is 2.66. The topological polar surface area (TPSA) is 72.9 Å². The number of nitrogens with zero attached hydrogens (tertiary/aromatic N) is 1. The number of ether oxygens (including phenoxy) is 2. The Bertz CT molecular complexity index is 695. The predicted molar refractivity (Wildman–Crippen MR) is 94.0 cm³/mol. The molecule has 1 unspecified atom stereocenters. The highest BCUT2D eigenvalue weighted by Gasteiger charge is 2.44. The Morgan fingerprint density at radius 1 is 1.32 bits per heavy atom. The number of fused-ring (bicyclic) bond motifs is 1. The van der Waals surface area contributed by atoms with Crippen LogP contribution in [0.25, 0.3) is 0 Å². The van der Waals surface area contributed by atoms with Crippen LogP contribution in [-0.4, -0.2) is 35.9 Å². The van der Waals surface area contributed by atoms with Crippen LogP contribution in [0, 0.1) is 0 Å². The second-order valence-electron chi connectivity index (χ2n) is 6.72. The molecule has 0 N–H and O–H groups in total. The molecule has 1 aliphatic rings. The van der Waals surface area contributed by atoms with Gasteiger partial charge >= 0.3 is 5.97 Å². The zero-order valence-electron chi connectivity index (χ0n) is 15.4. The molecule has 1 heterocycles. The third-order valence-electron chi connectivity index (χ3n) is 4.19. The molecule has 0 saturated heterocycles. The summed E-state index contributed by atoms with van der Waals surface area (Å²) < 4.78 is 11.0. The van der Waals surface area contributed by atoms with E-state index in [4.69, 9.17) is 9.47 Å². The highest BCUT2D eigenvalue weighted by molar-refractivity contribution is 6.07. The van der Waals surface area contributed by atoms with Crippen molar-refractivity contribution in [2.75, 3.05) is 11.5 Å². The number of ketones is 1. The van der Waals surface area contributed by atoms with Gasteiger partial charge in [-0.15, -0.1) is 0 Å². The Hall–Kier alpha value is -2.37. The molecule has 1 atom stereocenters. The first-order chi connectivity index (χ1) is 11.7. The van der Waals surface area contributed by atoms with Crippen LogP contribution in [-0.2, 0) is 14.3 Å². The molecule has 1 aromatic rings.